The van der Waals surface area contributed by atoms with Crippen LogP contribution in [-0.4, -0.2) is 29.6 Å². The first-order chi connectivity index (χ1) is 7.84. The molecule has 0 bridgehead atoms. The molecule has 1 aliphatic rings. The highest BCUT2D eigenvalue weighted by molar-refractivity contribution is 6.29. The molecule has 0 atom stereocenters. The fourth-order valence-electron chi connectivity index (χ4n) is 1.68. The molecule has 0 fully saturated rings. The van der Waals surface area contributed by atoms with E-state index in [4.69, 9.17) is 11.6 Å². The summed E-state index contributed by atoms with van der Waals surface area (Å²) in [5, 5.41) is 6.93. The maximum Gasteiger partial charge on any atom is 0.149 e. The van der Waals surface area contributed by atoms with E-state index >= 15 is 0 Å². The van der Waals surface area contributed by atoms with E-state index in [9.17, 15) is 0 Å². The Morgan fingerprint density at radius 3 is 3.12 bits per heavy atom. The highest BCUT2D eigenvalue weighted by atomic mass is 35.5. The molecule has 0 amide bonds. The van der Waals surface area contributed by atoms with E-state index in [0.717, 1.165) is 38.3 Å². The number of hydrogen-bond acceptors (Lipinski definition) is 4. The second-order valence-corrected chi connectivity index (χ2v) is 4.11. The molecule has 0 unspecified atom stereocenters. The lowest BCUT2D eigenvalue weighted by Gasteiger charge is -2.14. The van der Waals surface area contributed by atoms with Crippen LogP contribution in [0.3, 0.4) is 0 Å². The van der Waals surface area contributed by atoms with E-state index in [1.807, 2.05) is 0 Å². The third-order valence-corrected chi connectivity index (χ3v) is 2.70. The Kier molecular flexibility index (Phi) is 4.13. The van der Waals surface area contributed by atoms with Crippen molar-refractivity contribution in [2.75, 3.05) is 25.0 Å². The monoisotopic (exact) mass is 238 g/mol. The first-order valence-corrected chi connectivity index (χ1v) is 5.82. The summed E-state index contributed by atoms with van der Waals surface area (Å²) in [6.07, 6.45) is 7.67. The predicted octanol–water partition coefficient (Wildman–Crippen LogP) is 1.85. The minimum Gasteiger partial charge on any atom is -0.368 e. The minimum atomic E-state index is 0.422. The molecule has 1 aliphatic heterocycles. The molecule has 2 heterocycles. The first-order valence-electron chi connectivity index (χ1n) is 5.44. The van der Waals surface area contributed by atoms with Crippen LogP contribution < -0.4 is 10.6 Å². The quantitative estimate of drug-likeness (QED) is 0.787. The van der Waals surface area contributed by atoms with Gasteiger partial charge in [0.25, 0.3) is 0 Å². The van der Waals surface area contributed by atoms with Crippen LogP contribution in [-0.2, 0) is 0 Å². The van der Waals surface area contributed by atoms with Crippen LogP contribution >= 0.6 is 11.6 Å². The zero-order valence-corrected chi connectivity index (χ0v) is 9.80. The Bertz CT molecular complexity index is 378. The Morgan fingerprint density at radius 2 is 2.38 bits per heavy atom. The van der Waals surface area contributed by atoms with E-state index < -0.39 is 0 Å². The number of nitrogens with one attached hydrogen (secondary N) is 2. The molecule has 0 saturated heterocycles. The Hall–Kier alpha value is -1.13. The first kappa shape index (κ1) is 11.4. The molecule has 0 aromatic carbocycles. The maximum atomic E-state index is 5.74. The largest absolute Gasteiger partial charge is 0.368 e. The van der Waals surface area contributed by atoms with Crippen molar-refractivity contribution in [3.05, 3.63) is 29.2 Å². The van der Waals surface area contributed by atoms with Gasteiger partial charge in [-0.1, -0.05) is 23.3 Å². The Morgan fingerprint density at radius 1 is 1.44 bits per heavy atom. The van der Waals surface area contributed by atoms with Crippen LogP contribution in [0.5, 0.6) is 0 Å². The standard InChI is InChI=1S/C11H15ClN4/c12-10-7-14-8-11(16-10)15-6-3-9-1-4-13-5-2-9/h1,7-8,13H,2-6H2,(H,15,16). The predicted molar refractivity (Wildman–Crippen MR) is 65.7 cm³/mol. The molecule has 0 saturated carbocycles. The third kappa shape index (κ3) is 3.47. The molecular weight excluding hydrogens is 224 g/mol. The van der Waals surface area contributed by atoms with Gasteiger partial charge in [-0.25, -0.2) is 4.98 Å². The van der Waals surface area contributed by atoms with Crippen molar-refractivity contribution in [3.63, 3.8) is 0 Å². The van der Waals surface area contributed by atoms with Gasteiger partial charge in [0, 0.05) is 13.1 Å². The van der Waals surface area contributed by atoms with Gasteiger partial charge in [-0.2, -0.15) is 0 Å². The Balaban J connectivity index is 1.77. The van der Waals surface area contributed by atoms with Crippen molar-refractivity contribution < 1.29 is 0 Å². The summed E-state index contributed by atoms with van der Waals surface area (Å²) in [4.78, 5) is 8.08. The number of aromatic nitrogens is 2. The summed E-state index contributed by atoms with van der Waals surface area (Å²) in [6, 6.07) is 0. The summed E-state index contributed by atoms with van der Waals surface area (Å²) < 4.78 is 0. The van der Waals surface area contributed by atoms with Crippen molar-refractivity contribution in [3.8, 4) is 0 Å². The summed E-state index contributed by atoms with van der Waals surface area (Å²) in [6.45, 7) is 2.95. The number of anilines is 1. The Labute approximate surface area is 100 Å². The van der Waals surface area contributed by atoms with Crippen LogP contribution in [0.1, 0.15) is 12.8 Å². The normalized spacial score (nSPS) is 15.7. The fourth-order valence-corrected chi connectivity index (χ4v) is 1.82. The van der Waals surface area contributed by atoms with Crippen molar-refractivity contribution in [2.45, 2.75) is 12.8 Å². The number of hydrogen-bond donors (Lipinski definition) is 2. The van der Waals surface area contributed by atoms with Gasteiger partial charge >= 0.3 is 0 Å². The van der Waals surface area contributed by atoms with Gasteiger partial charge in [0.05, 0.1) is 12.4 Å². The molecule has 16 heavy (non-hydrogen) atoms. The van der Waals surface area contributed by atoms with Crippen molar-refractivity contribution in [2.24, 2.45) is 0 Å². The highest BCUT2D eigenvalue weighted by Crippen LogP contribution is 2.11. The van der Waals surface area contributed by atoms with E-state index in [-0.39, 0.29) is 0 Å². The minimum absolute atomic E-state index is 0.422. The number of rotatable bonds is 4. The topological polar surface area (TPSA) is 49.8 Å². The van der Waals surface area contributed by atoms with Gasteiger partial charge < -0.3 is 10.6 Å². The number of nitrogens with zero attached hydrogens (tertiary/aromatic N) is 2. The van der Waals surface area contributed by atoms with Crippen LogP contribution in [0.4, 0.5) is 5.82 Å². The molecule has 1 aromatic rings. The summed E-state index contributed by atoms with van der Waals surface area (Å²) in [7, 11) is 0. The lowest BCUT2D eigenvalue weighted by Crippen LogP contribution is -2.21. The highest BCUT2D eigenvalue weighted by Gasteiger charge is 2.02. The maximum absolute atomic E-state index is 5.74. The van der Waals surface area contributed by atoms with Gasteiger partial charge in [0.2, 0.25) is 0 Å². The molecule has 0 aliphatic carbocycles. The fraction of sp³-hybridized carbons (Fsp3) is 0.455. The van der Waals surface area contributed by atoms with Gasteiger partial charge in [-0.05, 0) is 19.4 Å². The van der Waals surface area contributed by atoms with Gasteiger partial charge in [0.15, 0.2) is 0 Å². The molecule has 0 radical (unpaired) electrons. The van der Waals surface area contributed by atoms with Crippen LogP contribution in [0.25, 0.3) is 0 Å². The van der Waals surface area contributed by atoms with E-state index in [2.05, 4.69) is 26.7 Å². The second-order valence-electron chi connectivity index (χ2n) is 3.72. The molecule has 0 spiro atoms. The molecule has 86 valence electrons. The van der Waals surface area contributed by atoms with Gasteiger partial charge in [0.1, 0.15) is 11.0 Å². The van der Waals surface area contributed by atoms with Crippen LogP contribution in [0, 0.1) is 0 Å². The summed E-state index contributed by atoms with van der Waals surface area (Å²) in [5.74, 6) is 0.738. The zero-order valence-electron chi connectivity index (χ0n) is 9.04. The molecule has 5 heteroatoms. The average Bonchev–Trinajstić information content (AvgIpc) is 2.30. The lowest BCUT2D eigenvalue weighted by molar-refractivity contribution is 0.683. The van der Waals surface area contributed by atoms with Gasteiger partial charge in [-0.15, -0.1) is 0 Å². The number of halogens is 1. The lowest BCUT2D eigenvalue weighted by atomic mass is 10.1. The van der Waals surface area contributed by atoms with Crippen LogP contribution in [0.15, 0.2) is 24.0 Å². The van der Waals surface area contributed by atoms with Crippen molar-refractivity contribution in [1.29, 1.82) is 0 Å². The molecule has 4 nitrogen and oxygen atoms in total. The average molecular weight is 239 g/mol. The van der Waals surface area contributed by atoms with Crippen molar-refractivity contribution >= 4 is 17.4 Å². The van der Waals surface area contributed by atoms with E-state index in [1.165, 1.54) is 11.8 Å². The van der Waals surface area contributed by atoms with Crippen molar-refractivity contribution in [1.82, 2.24) is 15.3 Å². The van der Waals surface area contributed by atoms with Crippen LogP contribution in [0.2, 0.25) is 5.15 Å². The van der Waals surface area contributed by atoms with E-state index in [0.29, 0.717) is 5.15 Å². The zero-order chi connectivity index (χ0) is 11.2. The van der Waals surface area contributed by atoms with E-state index in [1.54, 1.807) is 6.20 Å². The summed E-state index contributed by atoms with van der Waals surface area (Å²) >= 11 is 5.74. The molecule has 2 N–H and O–H groups in total. The molecular formula is C11H15ClN4. The summed E-state index contributed by atoms with van der Waals surface area (Å²) in [5.41, 5.74) is 1.50. The molecule has 1 aromatic heterocycles. The second kappa shape index (κ2) is 5.82. The SMILES string of the molecule is Clc1cncc(NCCC2=CCNCC2)n1. The van der Waals surface area contributed by atoms with Gasteiger partial charge in [-0.3, -0.25) is 4.98 Å². The third-order valence-electron chi connectivity index (χ3n) is 2.52. The smallest absolute Gasteiger partial charge is 0.149 e. The molecule has 2 rings (SSSR count).